The summed E-state index contributed by atoms with van der Waals surface area (Å²) in [7, 11) is 0. The number of likely N-dealkylation sites (N-methyl/N-ethyl adjacent to an activating group) is 1. The molecule has 1 aromatic rings. The van der Waals surface area contributed by atoms with E-state index in [9.17, 15) is 13.2 Å². The molecule has 1 aliphatic rings. The molecule has 0 amide bonds. The van der Waals surface area contributed by atoms with Crippen molar-refractivity contribution in [2.75, 3.05) is 13.1 Å². The maximum Gasteiger partial charge on any atom is 0.391 e. The fraction of sp³-hybridized carbons (Fsp3) is 0.786. The van der Waals surface area contributed by atoms with Crippen LogP contribution in [-0.4, -0.2) is 24.2 Å². The van der Waals surface area contributed by atoms with E-state index < -0.39 is 12.1 Å². The zero-order valence-corrected chi connectivity index (χ0v) is 11.7. The Kier molecular flexibility index (Phi) is 5.07. The third kappa shape index (κ3) is 3.98. The standard InChI is InChI=1S/C14H21F3N2O/c1-2-18-8-7-13-19-9-12(20-13)10-3-5-11(6-4-10)14(15,16)17/h9-11,18H,2-8H2,1H3. The van der Waals surface area contributed by atoms with E-state index in [2.05, 4.69) is 10.3 Å². The lowest BCUT2D eigenvalue weighted by atomic mass is 9.81. The second kappa shape index (κ2) is 6.61. The van der Waals surface area contributed by atoms with Crippen LogP contribution in [0.3, 0.4) is 0 Å². The van der Waals surface area contributed by atoms with E-state index in [-0.39, 0.29) is 18.8 Å². The third-order valence-electron chi connectivity index (χ3n) is 3.93. The lowest BCUT2D eigenvalue weighted by molar-refractivity contribution is -0.182. The van der Waals surface area contributed by atoms with E-state index in [1.807, 2.05) is 6.92 Å². The van der Waals surface area contributed by atoms with Gasteiger partial charge in [0.1, 0.15) is 5.76 Å². The Morgan fingerprint density at radius 1 is 1.30 bits per heavy atom. The summed E-state index contributed by atoms with van der Waals surface area (Å²) in [6, 6.07) is 0. The van der Waals surface area contributed by atoms with Crippen molar-refractivity contribution in [1.82, 2.24) is 10.3 Å². The molecule has 1 saturated carbocycles. The maximum atomic E-state index is 12.6. The smallest absolute Gasteiger partial charge is 0.391 e. The van der Waals surface area contributed by atoms with Gasteiger partial charge >= 0.3 is 6.18 Å². The minimum atomic E-state index is -4.05. The number of oxazole rings is 1. The number of hydrogen-bond acceptors (Lipinski definition) is 3. The van der Waals surface area contributed by atoms with Gasteiger partial charge < -0.3 is 9.73 Å². The zero-order chi connectivity index (χ0) is 14.6. The number of alkyl halides is 3. The van der Waals surface area contributed by atoms with Crippen molar-refractivity contribution < 1.29 is 17.6 Å². The molecule has 1 fully saturated rings. The second-order valence-corrected chi connectivity index (χ2v) is 5.35. The monoisotopic (exact) mass is 290 g/mol. The van der Waals surface area contributed by atoms with Crippen LogP contribution in [0.5, 0.6) is 0 Å². The fourth-order valence-electron chi connectivity index (χ4n) is 2.71. The summed E-state index contributed by atoms with van der Waals surface area (Å²) in [5.74, 6) is 0.361. The van der Waals surface area contributed by atoms with Gasteiger partial charge in [0.15, 0.2) is 5.89 Å². The molecular weight excluding hydrogens is 269 g/mol. The summed E-state index contributed by atoms with van der Waals surface area (Å²) < 4.78 is 43.5. The average molecular weight is 290 g/mol. The molecule has 0 unspecified atom stereocenters. The molecule has 0 radical (unpaired) electrons. The van der Waals surface area contributed by atoms with Crippen molar-refractivity contribution in [3.8, 4) is 0 Å². The Hall–Kier alpha value is -1.04. The Morgan fingerprint density at radius 3 is 2.60 bits per heavy atom. The van der Waals surface area contributed by atoms with Crippen LogP contribution in [0, 0.1) is 5.92 Å². The Balaban J connectivity index is 1.84. The quantitative estimate of drug-likeness (QED) is 0.841. The first-order valence-corrected chi connectivity index (χ1v) is 7.22. The summed E-state index contributed by atoms with van der Waals surface area (Å²) in [5.41, 5.74) is 0. The van der Waals surface area contributed by atoms with E-state index in [0.717, 1.165) is 18.8 Å². The first kappa shape index (κ1) is 15.4. The van der Waals surface area contributed by atoms with Crippen LogP contribution in [0.1, 0.15) is 50.2 Å². The Bertz CT molecular complexity index is 409. The highest BCUT2D eigenvalue weighted by molar-refractivity contribution is 5.04. The van der Waals surface area contributed by atoms with Crippen LogP contribution in [0.4, 0.5) is 13.2 Å². The molecule has 0 aliphatic heterocycles. The first-order chi connectivity index (χ1) is 9.50. The highest BCUT2D eigenvalue weighted by atomic mass is 19.4. The van der Waals surface area contributed by atoms with E-state index >= 15 is 0 Å². The molecule has 6 heteroatoms. The molecule has 0 aromatic carbocycles. The molecule has 1 N–H and O–H groups in total. The van der Waals surface area contributed by atoms with Gasteiger partial charge in [-0.3, -0.25) is 0 Å². The Morgan fingerprint density at radius 2 is 2.00 bits per heavy atom. The number of rotatable bonds is 5. The van der Waals surface area contributed by atoms with Gasteiger partial charge in [-0.25, -0.2) is 4.98 Å². The summed E-state index contributed by atoms with van der Waals surface area (Å²) >= 11 is 0. The van der Waals surface area contributed by atoms with E-state index in [1.54, 1.807) is 6.20 Å². The van der Waals surface area contributed by atoms with Crippen LogP contribution in [0.2, 0.25) is 0 Å². The molecule has 1 aliphatic carbocycles. The van der Waals surface area contributed by atoms with Crippen molar-refractivity contribution in [1.29, 1.82) is 0 Å². The molecule has 0 atom stereocenters. The van der Waals surface area contributed by atoms with Crippen LogP contribution >= 0.6 is 0 Å². The third-order valence-corrected chi connectivity index (χ3v) is 3.93. The van der Waals surface area contributed by atoms with Crippen LogP contribution in [0.25, 0.3) is 0 Å². The molecule has 20 heavy (non-hydrogen) atoms. The van der Waals surface area contributed by atoms with Crippen LogP contribution in [0.15, 0.2) is 10.6 Å². The normalized spacial score (nSPS) is 24.0. The largest absolute Gasteiger partial charge is 0.445 e. The van der Waals surface area contributed by atoms with Gasteiger partial charge in [-0.05, 0) is 32.2 Å². The van der Waals surface area contributed by atoms with Crippen molar-refractivity contribution in [2.24, 2.45) is 5.92 Å². The average Bonchev–Trinajstić information content (AvgIpc) is 2.87. The zero-order valence-electron chi connectivity index (χ0n) is 11.7. The fourth-order valence-corrected chi connectivity index (χ4v) is 2.71. The lowest BCUT2D eigenvalue weighted by Gasteiger charge is -2.28. The molecule has 2 rings (SSSR count). The topological polar surface area (TPSA) is 38.1 Å². The predicted molar refractivity (Wildman–Crippen MR) is 69.5 cm³/mol. The number of aromatic nitrogens is 1. The highest BCUT2D eigenvalue weighted by Gasteiger charge is 2.42. The number of hydrogen-bond donors (Lipinski definition) is 1. The molecular formula is C14H21F3N2O. The van der Waals surface area contributed by atoms with E-state index in [1.165, 1.54) is 0 Å². The van der Waals surface area contributed by atoms with Crippen LogP contribution in [-0.2, 0) is 6.42 Å². The molecule has 114 valence electrons. The van der Waals surface area contributed by atoms with Crippen molar-refractivity contribution >= 4 is 0 Å². The van der Waals surface area contributed by atoms with Gasteiger partial charge in [0.2, 0.25) is 0 Å². The predicted octanol–water partition coefficient (Wildman–Crippen LogP) is 3.66. The summed E-state index contributed by atoms with van der Waals surface area (Å²) in [5, 5.41) is 3.18. The van der Waals surface area contributed by atoms with E-state index in [0.29, 0.717) is 25.2 Å². The summed E-state index contributed by atoms with van der Waals surface area (Å²) in [6.07, 6.45) is -0.198. The maximum absolute atomic E-state index is 12.6. The van der Waals surface area contributed by atoms with Gasteiger partial charge in [-0.1, -0.05) is 6.92 Å². The van der Waals surface area contributed by atoms with Crippen molar-refractivity contribution in [3.63, 3.8) is 0 Å². The first-order valence-electron chi connectivity index (χ1n) is 7.22. The highest BCUT2D eigenvalue weighted by Crippen LogP contribution is 2.42. The minimum absolute atomic E-state index is 0.0917. The summed E-state index contributed by atoms with van der Waals surface area (Å²) in [4.78, 5) is 4.20. The number of nitrogens with one attached hydrogen (secondary N) is 1. The minimum Gasteiger partial charge on any atom is -0.445 e. The lowest BCUT2D eigenvalue weighted by Crippen LogP contribution is -2.27. The number of halogens is 3. The van der Waals surface area contributed by atoms with Gasteiger partial charge in [0.05, 0.1) is 12.1 Å². The molecule has 1 aromatic heterocycles. The second-order valence-electron chi connectivity index (χ2n) is 5.35. The molecule has 0 bridgehead atoms. The van der Waals surface area contributed by atoms with Gasteiger partial charge in [0.25, 0.3) is 0 Å². The number of nitrogens with zero attached hydrogens (tertiary/aromatic N) is 1. The molecule has 0 spiro atoms. The van der Waals surface area contributed by atoms with Crippen molar-refractivity contribution in [2.45, 2.75) is 51.1 Å². The van der Waals surface area contributed by atoms with Gasteiger partial charge in [-0.15, -0.1) is 0 Å². The van der Waals surface area contributed by atoms with Gasteiger partial charge in [0, 0.05) is 18.9 Å². The summed E-state index contributed by atoms with van der Waals surface area (Å²) in [6.45, 7) is 3.73. The molecule has 0 saturated heterocycles. The van der Waals surface area contributed by atoms with E-state index in [4.69, 9.17) is 4.42 Å². The molecule has 3 nitrogen and oxygen atoms in total. The van der Waals surface area contributed by atoms with Gasteiger partial charge in [-0.2, -0.15) is 13.2 Å². The Labute approximate surface area is 117 Å². The van der Waals surface area contributed by atoms with Crippen molar-refractivity contribution in [3.05, 3.63) is 17.8 Å². The van der Waals surface area contributed by atoms with Crippen LogP contribution < -0.4 is 5.32 Å². The molecule has 1 heterocycles. The SMILES string of the molecule is CCNCCc1ncc(C2CCC(C(F)(F)F)CC2)o1.